The molecule has 2 atom stereocenters. The molecule has 0 saturated heterocycles. The Morgan fingerprint density at radius 1 is 1.50 bits per heavy atom. The molecule has 0 aliphatic heterocycles. The second-order valence-electron chi connectivity index (χ2n) is 5.50. The van der Waals surface area contributed by atoms with Gasteiger partial charge >= 0.3 is 0 Å². The fourth-order valence-electron chi connectivity index (χ4n) is 2.35. The summed E-state index contributed by atoms with van der Waals surface area (Å²) in [4.78, 5) is 8.58. The maximum Gasteiger partial charge on any atom is 0.185 e. The third-order valence-corrected chi connectivity index (χ3v) is 4.91. The summed E-state index contributed by atoms with van der Waals surface area (Å²) in [6.07, 6.45) is 3.66. The van der Waals surface area contributed by atoms with Gasteiger partial charge in [0.1, 0.15) is 0 Å². The Hall–Kier alpha value is -0.610. The first-order chi connectivity index (χ1) is 8.65. The summed E-state index contributed by atoms with van der Waals surface area (Å²) in [6, 6.07) is 0. The first-order valence-electron chi connectivity index (χ1n) is 7.00. The summed E-state index contributed by atoms with van der Waals surface area (Å²) in [5, 5.41) is 4.44. The zero-order chi connectivity index (χ0) is 13.1. The summed E-state index contributed by atoms with van der Waals surface area (Å²) >= 11 is 1.86. The number of hydrogen-bond acceptors (Lipinski definition) is 4. The number of rotatable bonds is 7. The molecule has 1 N–H and O–H groups in total. The SMILES string of the molecule is CCCc1nc(N(C)CC2CC2C)sc1CNC. The van der Waals surface area contributed by atoms with Crippen molar-refractivity contribution < 1.29 is 0 Å². The van der Waals surface area contributed by atoms with Crippen molar-refractivity contribution in [3.05, 3.63) is 10.6 Å². The molecule has 1 heterocycles. The van der Waals surface area contributed by atoms with E-state index in [9.17, 15) is 0 Å². The molecule has 4 heteroatoms. The average Bonchev–Trinajstić information content (AvgIpc) is 2.87. The standard InChI is InChI=1S/C14H25N3S/c1-5-6-12-13(8-15-3)18-14(16-12)17(4)9-11-7-10(11)2/h10-11,15H,5-9H2,1-4H3. The Labute approximate surface area is 115 Å². The Bertz CT molecular complexity index is 365. The molecular formula is C14H25N3S. The number of nitrogens with one attached hydrogen (secondary N) is 1. The Kier molecular flexibility index (Phi) is 4.62. The minimum absolute atomic E-state index is 0.890. The van der Waals surface area contributed by atoms with Crippen molar-refractivity contribution in [2.45, 2.75) is 39.7 Å². The number of nitrogens with zero attached hydrogens (tertiary/aromatic N) is 2. The van der Waals surface area contributed by atoms with Crippen LogP contribution in [0, 0.1) is 11.8 Å². The smallest absolute Gasteiger partial charge is 0.185 e. The predicted octanol–water partition coefficient (Wildman–Crippen LogP) is 2.91. The molecule has 0 aromatic carbocycles. The average molecular weight is 267 g/mol. The van der Waals surface area contributed by atoms with Crippen LogP contribution in [-0.4, -0.2) is 25.6 Å². The zero-order valence-corrected chi connectivity index (χ0v) is 12.8. The number of aryl methyl sites for hydroxylation is 1. The van der Waals surface area contributed by atoms with Crippen LogP contribution in [0.4, 0.5) is 5.13 Å². The fourth-order valence-corrected chi connectivity index (χ4v) is 3.44. The van der Waals surface area contributed by atoms with Gasteiger partial charge in [-0.2, -0.15) is 0 Å². The van der Waals surface area contributed by atoms with E-state index in [-0.39, 0.29) is 0 Å². The molecule has 2 rings (SSSR count). The van der Waals surface area contributed by atoms with Crippen LogP contribution < -0.4 is 10.2 Å². The summed E-state index contributed by atoms with van der Waals surface area (Å²) < 4.78 is 0. The molecule has 1 aliphatic carbocycles. The molecule has 3 nitrogen and oxygen atoms in total. The van der Waals surface area contributed by atoms with E-state index in [0.717, 1.165) is 24.8 Å². The molecule has 1 saturated carbocycles. The lowest BCUT2D eigenvalue weighted by atomic mass is 10.2. The topological polar surface area (TPSA) is 28.2 Å². The number of thiazole rings is 1. The minimum Gasteiger partial charge on any atom is -0.351 e. The lowest BCUT2D eigenvalue weighted by Crippen LogP contribution is -2.20. The fraction of sp³-hybridized carbons (Fsp3) is 0.786. The van der Waals surface area contributed by atoms with E-state index in [2.05, 4.69) is 31.1 Å². The lowest BCUT2D eigenvalue weighted by molar-refractivity contribution is 0.722. The predicted molar refractivity (Wildman–Crippen MR) is 79.4 cm³/mol. The monoisotopic (exact) mass is 267 g/mol. The van der Waals surface area contributed by atoms with Crippen LogP contribution in [0.1, 0.15) is 37.3 Å². The minimum atomic E-state index is 0.890. The van der Waals surface area contributed by atoms with Crippen molar-refractivity contribution in [1.82, 2.24) is 10.3 Å². The number of anilines is 1. The van der Waals surface area contributed by atoms with E-state index in [4.69, 9.17) is 4.98 Å². The van der Waals surface area contributed by atoms with Crippen LogP contribution in [-0.2, 0) is 13.0 Å². The van der Waals surface area contributed by atoms with Gasteiger partial charge in [-0.15, -0.1) is 11.3 Å². The van der Waals surface area contributed by atoms with Crippen molar-refractivity contribution in [3.8, 4) is 0 Å². The van der Waals surface area contributed by atoms with Crippen LogP contribution in [0.2, 0.25) is 0 Å². The molecule has 0 bridgehead atoms. The maximum atomic E-state index is 4.83. The Balaban J connectivity index is 2.04. The molecule has 0 amide bonds. The summed E-state index contributed by atoms with van der Waals surface area (Å²) in [5.74, 6) is 1.81. The molecule has 1 fully saturated rings. The Morgan fingerprint density at radius 3 is 2.78 bits per heavy atom. The molecule has 102 valence electrons. The highest BCUT2D eigenvalue weighted by molar-refractivity contribution is 7.15. The second-order valence-corrected chi connectivity index (χ2v) is 6.56. The number of aromatic nitrogens is 1. The van der Waals surface area contributed by atoms with Gasteiger partial charge in [-0.25, -0.2) is 4.98 Å². The maximum absolute atomic E-state index is 4.83. The normalized spacial score (nSPS) is 22.2. The van der Waals surface area contributed by atoms with E-state index in [1.165, 1.54) is 35.1 Å². The zero-order valence-electron chi connectivity index (χ0n) is 12.0. The van der Waals surface area contributed by atoms with Crippen LogP contribution in [0.5, 0.6) is 0 Å². The van der Waals surface area contributed by atoms with Gasteiger partial charge in [0.05, 0.1) is 5.69 Å². The highest BCUT2D eigenvalue weighted by Gasteiger charge is 2.33. The van der Waals surface area contributed by atoms with Gasteiger partial charge in [0.25, 0.3) is 0 Å². The van der Waals surface area contributed by atoms with Gasteiger partial charge in [-0.1, -0.05) is 20.3 Å². The van der Waals surface area contributed by atoms with Gasteiger partial charge in [-0.05, 0) is 31.7 Å². The van der Waals surface area contributed by atoms with Crippen molar-refractivity contribution in [3.63, 3.8) is 0 Å². The third kappa shape index (κ3) is 3.23. The van der Waals surface area contributed by atoms with E-state index in [1.807, 2.05) is 18.4 Å². The van der Waals surface area contributed by atoms with Crippen molar-refractivity contribution in [2.75, 3.05) is 25.5 Å². The molecule has 2 unspecified atom stereocenters. The van der Waals surface area contributed by atoms with Crippen molar-refractivity contribution in [2.24, 2.45) is 11.8 Å². The van der Waals surface area contributed by atoms with Gasteiger partial charge < -0.3 is 10.2 Å². The van der Waals surface area contributed by atoms with Gasteiger partial charge in [-0.3, -0.25) is 0 Å². The largest absolute Gasteiger partial charge is 0.351 e. The van der Waals surface area contributed by atoms with Crippen molar-refractivity contribution in [1.29, 1.82) is 0 Å². The van der Waals surface area contributed by atoms with E-state index < -0.39 is 0 Å². The highest BCUT2D eigenvalue weighted by atomic mass is 32.1. The summed E-state index contributed by atoms with van der Waals surface area (Å²) in [6.45, 7) is 6.67. The number of hydrogen-bond donors (Lipinski definition) is 1. The lowest BCUT2D eigenvalue weighted by Gasteiger charge is -2.15. The Morgan fingerprint density at radius 2 is 2.22 bits per heavy atom. The van der Waals surface area contributed by atoms with Gasteiger partial charge in [0.15, 0.2) is 5.13 Å². The van der Waals surface area contributed by atoms with E-state index in [1.54, 1.807) is 0 Å². The van der Waals surface area contributed by atoms with Gasteiger partial charge in [0, 0.05) is 25.0 Å². The van der Waals surface area contributed by atoms with Gasteiger partial charge in [0.2, 0.25) is 0 Å². The molecule has 0 spiro atoms. The quantitative estimate of drug-likeness (QED) is 0.823. The van der Waals surface area contributed by atoms with Crippen LogP contribution >= 0.6 is 11.3 Å². The van der Waals surface area contributed by atoms with E-state index in [0.29, 0.717) is 0 Å². The third-order valence-electron chi connectivity index (χ3n) is 3.70. The summed E-state index contributed by atoms with van der Waals surface area (Å²) in [5.41, 5.74) is 1.29. The molecule has 1 aromatic rings. The first-order valence-corrected chi connectivity index (χ1v) is 7.81. The van der Waals surface area contributed by atoms with Crippen LogP contribution in [0.15, 0.2) is 0 Å². The van der Waals surface area contributed by atoms with E-state index >= 15 is 0 Å². The van der Waals surface area contributed by atoms with Crippen LogP contribution in [0.3, 0.4) is 0 Å². The molecule has 1 aliphatic rings. The summed E-state index contributed by atoms with van der Waals surface area (Å²) in [7, 11) is 4.19. The highest BCUT2D eigenvalue weighted by Crippen LogP contribution is 2.39. The van der Waals surface area contributed by atoms with Crippen molar-refractivity contribution >= 4 is 16.5 Å². The molecular weight excluding hydrogens is 242 g/mol. The first kappa shape index (κ1) is 13.8. The second kappa shape index (κ2) is 6.02. The van der Waals surface area contributed by atoms with Crippen LogP contribution in [0.25, 0.3) is 0 Å². The molecule has 18 heavy (non-hydrogen) atoms. The molecule has 0 radical (unpaired) electrons. The molecule has 1 aromatic heterocycles.